The molecule has 0 radical (unpaired) electrons. The van der Waals surface area contributed by atoms with E-state index in [9.17, 15) is 0 Å². The number of thioether (sulfide) groups is 1. The number of rotatable bonds is 4. The number of anilines is 1. The first-order valence-electron chi connectivity index (χ1n) is 8.76. The summed E-state index contributed by atoms with van der Waals surface area (Å²) in [5, 5.41) is 3.19. The zero-order valence-electron chi connectivity index (χ0n) is 15.6. The SMILES string of the molecule is CCC(=Cc1[nH+]c2c(Cl)cccc2s1)C=C1Sc2ccccc2N1CC.[Cl-].[OH-]. The van der Waals surface area contributed by atoms with E-state index < -0.39 is 0 Å². The van der Waals surface area contributed by atoms with Gasteiger partial charge in [0.05, 0.1) is 10.7 Å². The third kappa shape index (κ3) is 4.39. The maximum atomic E-state index is 6.30. The Balaban J connectivity index is 0.00000140. The average molecular weight is 452 g/mol. The minimum Gasteiger partial charge on any atom is -1.00 e. The van der Waals surface area contributed by atoms with Crippen LogP contribution in [0.25, 0.3) is 16.3 Å². The molecular formula is C21H21Cl2N2OS2-. The molecule has 0 spiro atoms. The number of para-hydroxylation sites is 2. The second-order valence-electron chi connectivity index (χ2n) is 6.07. The third-order valence-electron chi connectivity index (χ3n) is 4.43. The monoisotopic (exact) mass is 451 g/mol. The number of H-pyrrole nitrogens is 1. The normalized spacial score (nSPS) is 14.8. The molecule has 0 bridgehead atoms. The summed E-state index contributed by atoms with van der Waals surface area (Å²) in [6, 6.07) is 14.6. The first-order valence-corrected chi connectivity index (χ1v) is 10.8. The summed E-state index contributed by atoms with van der Waals surface area (Å²) in [6.45, 7) is 5.37. The molecule has 2 heterocycles. The van der Waals surface area contributed by atoms with E-state index in [-0.39, 0.29) is 17.9 Å². The molecule has 0 aliphatic carbocycles. The van der Waals surface area contributed by atoms with E-state index in [1.807, 2.05) is 23.9 Å². The Kier molecular flexibility index (Phi) is 7.98. The van der Waals surface area contributed by atoms with Crippen molar-refractivity contribution in [3.63, 3.8) is 0 Å². The van der Waals surface area contributed by atoms with Crippen LogP contribution in [0, 0.1) is 0 Å². The van der Waals surface area contributed by atoms with Crippen molar-refractivity contribution in [1.82, 2.24) is 0 Å². The van der Waals surface area contributed by atoms with Crippen LogP contribution in [0.4, 0.5) is 5.69 Å². The zero-order chi connectivity index (χ0) is 18.1. The molecule has 4 rings (SSSR count). The largest absolute Gasteiger partial charge is 1.00 e. The number of nitrogens with one attached hydrogen (secondary N) is 1. The third-order valence-corrected chi connectivity index (χ3v) is 6.86. The van der Waals surface area contributed by atoms with Crippen LogP contribution in [-0.2, 0) is 0 Å². The number of allylic oxidation sites excluding steroid dienone is 2. The number of nitrogens with zero attached hydrogens (tertiary/aromatic N) is 1. The molecule has 0 amide bonds. The number of aromatic amines is 1. The van der Waals surface area contributed by atoms with Crippen molar-refractivity contribution in [2.45, 2.75) is 25.2 Å². The quantitative estimate of drug-likeness (QED) is 0.609. The summed E-state index contributed by atoms with van der Waals surface area (Å²) in [4.78, 5) is 7.17. The number of thiazole rings is 1. The van der Waals surface area contributed by atoms with Gasteiger partial charge >= 0.3 is 0 Å². The van der Waals surface area contributed by atoms with Gasteiger partial charge in [0.2, 0.25) is 5.52 Å². The van der Waals surface area contributed by atoms with Gasteiger partial charge in [0.25, 0.3) is 5.01 Å². The molecule has 1 aromatic heterocycles. The Bertz CT molecular complexity index is 1030. The van der Waals surface area contributed by atoms with Crippen LogP contribution in [0.3, 0.4) is 0 Å². The predicted octanol–water partition coefficient (Wildman–Crippen LogP) is 3.46. The lowest BCUT2D eigenvalue weighted by atomic mass is 10.2. The molecule has 2 N–H and O–H groups in total. The Morgan fingerprint density at radius 3 is 2.64 bits per heavy atom. The van der Waals surface area contributed by atoms with Crippen LogP contribution >= 0.6 is 34.7 Å². The molecule has 0 unspecified atom stereocenters. The lowest BCUT2D eigenvalue weighted by Crippen LogP contribution is -3.00. The summed E-state index contributed by atoms with van der Waals surface area (Å²) in [5.74, 6) is 0. The fourth-order valence-corrected chi connectivity index (χ4v) is 5.59. The van der Waals surface area contributed by atoms with Crippen molar-refractivity contribution in [2.24, 2.45) is 0 Å². The van der Waals surface area contributed by atoms with Gasteiger partial charge in [0.15, 0.2) is 0 Å². The highest BCUT2D eigenvalue weighted by molar-refractivity contribution is 8.03. The number of fused-ring (bicyclic) bond motifs is 2. The molecule has 3 nitrogen and oxygen atoms in total. The fraction of sp³-hybridized carbons (Fsp3) is 0.190. The summed E-state index contributed by atoms with van der Waals surface area (Å²) in [5.41, 5.74) is 3.63. The van der Waals surface area contributed by atoms with Gasteiger partial charge in [0, 0.05) is 17.5 Å². The highest BCUT2D eigenvalue weighted by Gasteiger charge is 2.23. The summed E-state index contributed by atoms with van der Waals surface area (Å²) in [7, 11) is 0. The molecule has 0 fully saturated rings. The van der Waals surface area contributed by atoms with Gasteiger partial charge in [-0.15, -0.1) is 0 Å². The second kappa shape index (κ2) is 9.81. The summed E-state index contributed by atoms with van der Waals surface area (Å²) >= 11 is 9.89. The Hall–Kier alpha value is -1.50. The van der Waals surface area contributed by atoms with Crippen LogP contribution in [0.2, 0.25) is 5.02 Å². The highest BCUT2D eigenvalue weighted by Crippen LogP contribution is 2.46. The van der Waals surface area contributed by atoms with Crippen molar-refractivity contribution < 1.29 is 22.9 Å². The zero-order valence-corrected chi connectivity index (χ0v) is 18.7. The summed E-state index contributed by atoms with van der Waals surface area (Å²) in [6.07, 6.45) is 5.53. The average Bonchev–Trinajstić information content (AvgIpc) is 3.22. The molecule has 0 atom stereocenters. The van der Waals surface area contributed by atoms with Crippen LogP contribution in [0.5, 0.6) is 0 Å². The van der Waals surface area contributed by atoms with Gasteiger partial charge in [-0.1, -0.05) is 59.8 Å². The number of aromatic nitrogens is 1. The Morgan fingerprint density at radius 2 is 1.93 bits per heavy atom. The first-order chi connectivity index (χ1) is 12.7. The fourth-order valence-electron chi connectivity index (χ4n) is 3.10. The lowest BCUT2D eigenvalue weighted by molar-refractivity contribution is -0.340. The molecule has 0 saturated heterocycles. The summed E-state index contributed by atoms with van der Waals surface area (Å²) < 4.78 is 1.18. The van der Waals surface area contributed by atoms with Crippen LogP contribution in [0.1, 0.15) is 25.3 Å². The Morgan fingerprint density at radius 1 is 1.14 bits per heavy atom. The topological polar surface area (TPSA) is 47.4 Å². The van der Waals surface area contributed by atoms with Gasteiger partial charge < -0.3 is 22.8 Å². The molecule has 148 valence electrons. The van der Waals surface area contributed by atoms with E-state index >= 15 is 0 Å². The molecule has 1 aliphatic heterocycles. The van der Waals surface area contributed by atoms with E-state index in [2.05, 4.69) is 66.2 Å². The molecular weight excluding hydrogens is 431 g/mol. The molecule has 3 aromatic rings. The lowest BCUT2D eigenvalue weighted by Gasteiger charge is -2.18. The number of hydrogen-bond donors (Lipinski definition) is 0. The van der Waals surface area contributed by atoms with E-state index in [1.54, 1.807) is 11.3 Å². The van der Waals surface area contributed by atoms with E-state index in [0.29, 0.717) is 0 Å². The van der Waals surface area contributed by atoms with Crippen LogP contribution in [-0.4, -0.2) is 12.0 Å². The van der Waals surface area contributed by atoms with Gasteiger partial charge in [0.1, 0.15) is 9.72 Å². The van der Waals surface area contributed by atoms with Gasteiger partial charge in [-0.05, 0) is 49.3 Å². The van der Waals surface area contributed by atoms with Crippen molar-refractivity contribution in [1.29, 1.82) is 0 Å². The first kappa shape index (κ1) is 22.8. The van der Waals surface area contributed by atoms with Gasteiger partial charge in [-0.25, -0.2) is 0 Å². The minimum atomic E-state index is 0. The predicted molar refractivity (Wildman–Crippen MR) is 117 cm³/mol. The Labute approximate surface area is 184 Å². The van der Waals surface area contributed by atoms with Crippen LogP contribution < -0.4 is 22.3 Å². The van der Waals surface area contributed by atoms with Crippen LogP contribution in [0.15, 0.2) is 64.0 Å². The van der Waals surface area contributed by atoms with Crippen molar-refractivity contribution in [2.75, 3.05) is 11.4 Å². The number of hydrogen-bond acceptors (Lipinski definition) is 4. The maximum absolute atomic E-state index is 6.30. The van der Waals surface area contributed by atoms with E-state index in [1.165, 1.54) is 25.9 Å². The maximum Gasteiger partial charge on any atom is 0.261 e. The van der Waals surface area contributed by atoms with Crippen molar-refractivity contribution in [3.05, 3.63) is 69.2 Å². The molecule has 2 aromatic carbocycles. The molecule has 1 aliphatic rings. The highest BCUT2D eigenvalue weighted by atomic mass is 35.5. The molecule has 0 saturated carbocycles. The molecule has 28 heavy (non-hydrogen) atoms. The molecule has 7 heteroatoms. The smallest absolute Gasteiger partial charge is 0.261 e. The van der Waals surface area contributed by atoms with Gasteiger partial charge in [-0.3, -0.25) is 0 Å². The second-order valence-corrected chi connectivity index (χ2v) is 8.63. The minimum absolute atomic E-state index is 0. The van der Waals surface area contributed by atoms with E-state index in [4.69, 9.17) is 11.6 Å². The number of benzene rings is 2. The van der Waals surface area contributed by atoms with E-state index in [0.717, 1.165) is 28.5 Å². The van der Waals surface area contributed by atoms with Crippen molar-refractivity contribution >= 4 is 56.7 Å². The standard InChI is InChI=1S/C21H19ClN2S2.ClH.H2O/c1-3-14(12-19-23-21-15(22)8-7-11-18(21)25-19)13-20-24(4-2)16-9-5-6-10-17(16)26-20;;/h5-13H,3-4H2,1-2H3;1H;1H2/p-1. The number of halogens is 2. The van der Waals surface area contributed by atoms with Gasteiger partial charge in [-0.2, -0.15) is 4.98 Å². The van der Waals surface area contributed by atoms with Crippen molar-refractivity contribution in [3.8, 4) is 0 Å².